The Kier molecular flexibility index (Phi) is 4.31. The number of carbonyl (C=O) groups is 1. The van der Waals surface area contributed by atoms with Gasteiger partial charge in [0.1, 0.15) is 11.3 Å². The lowest BCUT2D eigenvalue weighted by atomic mass is 9.92. The van der Waals surface area contributed by atoms with E-state index < -0.39 is 11.6 Å². The molecule has 1 amide bonds. The minimum atomic E-state index is -0.816. The van der Waals surface area contributed by atoms with Gasteiger partial charge in [0.05, 0.1) is 23.3 Å². The predicted molar refractivity (Wildman–Crippen MR) is 105 cm³/mol. The maximum Gasteiger partial charge on any atom is 0.275 e. The Bertz CT molecular complexity index is 1270. The van der Waals surface area contributed by atoms with Crippen molar-refractivity contribution in [2.75, 3.05) is 12.3 Å². The number of likely N-dealkylation sites (tertiary alicyclic amines) is 1. The van der Waals surface area contributed by atoms with E-state index in [2.05, 4.69) is 23.8 Å². The van der Waals surface area contributed by atoms with Crippen LogP contribution >= 0.6 is 11.7 Å². The molecule has 3 aromatic heterocycles. The van der Waals surface area contributed by atoms with Crippen molar-refractivity contribution in [1.82, 2.24) is 33.2 Å². The molecule has 1 saturated heterocycles. The molecule has 2 atom stereocenters. The molecule has 4 heterocycles. The SMILES string of the molecule is C[C@H]1CC[C@@H](c2nc3c4cc(F)cc(F)c4nc(N)n3n2)CN1C(=O)c1cnsn1. The number of nitrogens with zero attached hydrogens (tertiary/aromatic N) is 7. The molecular weight excluding hydrogens is 414 g/mol. The fourth-order valence-corrected chi connectivity index (χ4v) is 4.26. The van der Waals surface area contributed by atoms with Crippen LogP contribution in [0.2, 0.25) is 0 Å². The van der Waals surface area contributed by atoms with E-state index >= 15 is 0 Å². The summed E-state index contributed by atoms with van der Waals surface area (Å²) in [5.41, 5.74) is 6.41. The minimum absolute atomic E-state index is 0.0308. The van der Waals surface area contributed by atoms with Crippen LogP contribution in [0.5, 0.6) is 0 Å². The van der Waals surface area contributed by atoms with Crippen molar-refractivity contribution < 1.29 is 13.6 Å². The Morgan fingerprint density at radius 2 is 2.10 bits per heavy atom. The van der Waals surface area contributed by atoms with Gasteiger partial charge in [0.15, 0.2) is 23.0 Å². The molecule has 1 fully saturated rings. The van der Waals surface area contributed by atoms with Crippen molar-refractivity contribution in [2.45, 2.75) is 31.7 Å². The van der Waals surface area contributed by atoms with Gasteiger partial charge < -0.3 is 10.6 Å². The van der Waals surface area contributed by atoms with Crippen LogP contribution in [0.25, 0.3) is 16.6 Å². The zero-order chi connectivity index (χ0) is 21.0. The zero-order valence-electron chi connectivity index (χ0n) is 15.8. The van der Waals surface area contributed by atoms with Crippen molar-refractivity contribution in [3.05, 3.63) is 41.5 Å². The molecule has 2 N–H and O–H groups in total. The van der Waals surface area contributed by atoms with E-state index in [1.165, 1.54) is 10.7 Å². The molecule has 0 saturated carbocycles. The second kappa shape index (κ2) is 6.90. The van der Waals surface area contributed by atoms with Crippen LogP contribution in [0.3, 0.4) is 0 Å². The van der Waals surface area contributed by atoms with Crippen molar-refractivity contribution in [3.8, 4) is 0 Å². The molecule has 0 bridgehead atoms. The third-order valence-electron chi connectivity index (χ3n) is 5.42. The first kappa shape index (κ1) is 18.7. The number of aromatic nitrogens is 6. The lowest BCUT2D eigenvalue weighted by molar-refractivity contribution is 0.0601. The summed E-state index contributed by atoms with van der Waals surface area (Å²) in [5, 5.41) is 4.62. The van der Waals surface area contributed by atoms with Gasteiger partial charge in [-0.3, -0.25) is 4.79 Å². The van der Waals surface area contributed by atoms with Crippen molar-refractivity contribution >= 4 is 40.1 Å². The number of fused-ring (bicyclic) bond motifs is 3. The van der Waals surface area contributed by atoms with E-state index in [0.717, 1.165) is 36.7 Å². The van der Waals surface area contributed by atoms with Gasteiger partial charge in [-0.25, -0.2) is 18.7 Å². The standard InChI is InChI=1S/C18H16F2N8OS/c1-8-2-3-9(7-27(8)17(29)13-6-22-30-26-13)15-24-16-11-4-10(19)5-12(20)14(11)23-18(21)28(16)25-15/h4-6,8-9H,2-3,7H2,1H3,(H2,21,23)/t8-,9+/m0/s1. The van der Waals surface area contributed by atoms with Gasteiger partial charge >= 0.3 is 0 Å². The highest BCUT2D eigenvalue weighted by Gasteiger charge is 2.33. The number of benzene rings is 1. The van der Waals surface area contributed by atoms with Gasteiger partial charge in [-0.15, -0.1) is 5.10 Å². The molecule has 1 aromatic carbocycles. The van der Waals surface area contributed by atoms with E-state index in [1.54, 1.807) is 4.90 Å². The summed E-state index contributed by atoms with van der Waals surface area (Å²) in [4.78, 5) is 23.1. The molecule has 1 aliphatic rings. The number of hydrogen-bond donors (Lipinski definition) is 1. The Balaban J connectivity index is 1.55. The van der Waals surface area contributed by atoms with Crippen molar-refractivity contribution in [3.63, 3.8) is 0 Å². The number of rotatable bonds is 2. The third-order valence-corrected chi connectivity index (χ3v) is 5.90. The second-order valence-electron chi connectivity index (χ2n) is 7.33. The number of nitrogens with two attached hydrogens (primary N) is 1. The summed E-state index contributed by atoms with van der Waals surface area (Å²) < 4.78 is 37.2. The van der Waals surface area contributed by atoms with Gasteiger partial charge in [0.2, 0.25) is 5.95 Å². The monoisotopic (exact) mass is 430 g/mol. The zero-order valence-corrected chi connectivity index (χ0v) is 16.6. The van der Waals surface area contributed by atoms with E-state index in [1.807, 2.05) is 6.92 Å². The first-order chi connectivity index (χ1) is 14.4. The van der Waals surface area contributed by atoms with Crippen LogP contribution in [-0.2, 0) is 0 Å². The smallest absolute Gasteiger partial charge is 0.275 e. The normalized spacial score (nSPS) is 19.6. The van der Waals surface area contributed by atoms with Gasteiger partial charge in [0.25, 0.3) is 5.91 Å². The van der Waals surface area contributed by atoms with Crippen molar-refractivity contribution in [2.24, 2.45) is 0 Å². The molecule has 1 aliphatic heterocycles. The number of halogens is 2. The van der Waals surface area contributed by atoms with Crippen LogP contribution < -0.4 is 5.73 Å². The molecule has 12 heteroatoms. The lowest BCUT2D eigenvalue weighted by Gasteiger charge is -2.36. The maximum atomic E-state index is 14.2. The highest BCUT2D eigenvalue weighted by Crippen LogP contribution is 2.31. The average Bonchev–Trinajstić information content (AvgIpc) is 3.39. The minimum Gasteiger partial charge on any atom is -0.368 e. The van der Waals surface area contributed by atoms with Crippen LogP contribution in [0.15, 0.2) is 18.3 Å². The maximum absolute atomic E-state index is 14.2. The van der Waals surface area contributed by atoms with Crippen LogP contribution in [0.4, 0.5) is 14.7 Å². The summed E-state index contributed by atoms with van der Waals surface area (Å²) in [7, 11) is 0. The van der Waals surface area contributed by atoms with Gasteiger partial charge in [0, 0.05) is 24.6 Å². The number of carbonyl (C=O) groups excluding carboxylic acids is 1. The van der Waals surface area contributed by atoms with E-state index in [9.17, 15) is 13.6 Å². The number of amides is 1. The summed E-state index contributed by atoms with van der Waals surface area (Å²) in [6, 6.07) is 1.94. The first-order valence-corrected chi connectivity index (χ1v) is 10.0. The molecule has 0 spiro atoms. The lowest BCUT2D eigenvalue weighted by Crippen LogP contribution is -2.45. The predicted octanol–water partition coefficient (Wildman–Crippen LogP) is 2.40. The quantitative estimate of drug-likeness (QED) is 0.519. The summed E-state index contributed by atoms with van der Waals surface area (Å²) in [5.74, 6) is -1.51. The van der Waals surface area contributed by atoms with Gasteiger partial charge in [-0.1, -0.05) is 0 Å². The Morgan fingerprint density at radius 3 is 2.87 bits per heavy atom. The molecule has 5 rings (SSSR count). The van der Waals surface area contributed by atoms with E-state index in [0.29, 0.717) is 18.1 Å². The molecular formula is C18H16F2N8OS. The molecule has 0 unspecified atom stereocenters. The average molecular weight is 430 g/mol. The fourth-order valence-electron chi connectivity index (χ4n) is 3.85. The molecule has 4 aromatic rings. The molecule has 30 heavy (non-hydrogen) atoms. The molecule has 0 radical (unpaired) electrons. The van der Waals surface area contributed by atoms with Gasteiger partial charge in [-0.2, -0.15) is 13.3 Å². The Hall–Kier alpha value is -3.28. The Labute approximate surface area is 172 Å². The van der Waals surface area contributed by atoms with E-state index in [-0.39, 0.29) is 40.4 Å². The van der Waals surface area contributed by atoms with Crippen LogP contribution in [-0.4, -0.2) is 51.7 Å². The molecule has 0 aliphatic carbocycles. The topological polar surface area (TPSA) is 115 Å². The summed E-state index contributed by atoms with van der Waals surface area (Å²) in [6.07, 6.45) is 2.96. The van der Waals surface area contributed by atoms with Crippen LogP contribution in [0, 0.1) is 11.6 Å². The number of piperidine rings is 1. The highest BCUT2D eigenvalue weighted by molar-refractivity contribution is 6.99. The Morgan fingerprint density at radius 1 is 1.27 bits per heavy atom. The van der Waals surface area contributed by atoms with E-state index in [4.69, 9.17) is 5.73 Å². The highest BCUT2D eigenvalue weighted by atomic mass is 32.1. The first-order valence-electron chi connectivity index (χ1n) is 9.32. The molecule has 9 nitrogen and oxygen atoms in total. The summed E-state index contributed by atoms with van der Waals surface area (Å²) >= 11 is 0.981. The second-order valence-corrected chi connectivity index (χ2v) is 7.89. The number of nitrogen functional groups attached to an aromatic ring is 1. The van der Waals surface area contributed by atoms with Crippen molar-refractivity contribution in [1.29, 1.82) is 0 Å². The molecule has 154 valence electrons. The number of anilines is 1. The number of hydrogen-bond acceptors (Lipinski definition) is 8. The van der Waals surface area contributed by atoms with Gasteiger partial charge in [-0.05, 0) is 25.8 Å². The third kappa shape index (κ3) is 2.95. The fraction of sp³-hybridized carbons (Fsp3) is 0.333. The summed E-state index contributed by atoms with van der Waals surface area (Å²) in [6.45, 7) is 2.37. The van der Waals surface area contributed by atoms with Crippen LogP contribution in [0.1, 0.15) is 42.0 Å². The largest absolute Gasteiger partial charge is 0.368 e.